The Hall–Kier alpha value is -6.48. The Balaban J connectivity index is 0.933. The summed E-state index contributed by atoms with van der Waals surface area (Å²) in [6.45, 7) is 5.75. The number of carbonyl (C=O) groups excluding carboxylic acids is 2. The van der Waals surface area contributed by atoms with Gasteiger partial charge in [-0.25, -0.2) is 4.79 Å². The Kier molecular flexibility index (Phi) is 9.26. The molecule has 0 fully saturated rings. The standard InChI is InChI=1S/C50H42O8/c1-3-46(51)57-28-26-55-35-21-17-33(18-22-35)49(39-12-6-4-10-37(39)38-11-5-7-13-40(38)49)34-19-23-36(24-20-34)56-27-29-58-47(52)45-31-48(53)41-14-8-9-15-42(41)50(45,54)43-25-16-32(2)30-44(43)48/h3-25,30,45,53-54H,1,26-29,31H2,2H3. The molecule has 0 radical (unpaired) electrons. The Labute approximate surface area is 336 Å². The lowest BCUT2D eigenvalue weighted by atomic mass is 9.54. The van der Waals surface area contributed by atoms with Crippen LogP contribution in [0, 0.1) is 12.8 Å². The number of fused-ring (bicyclic) bond motifs is 4. The predicted molar refractivity (Wildman–Crippen MR) is 219 cm³/mol. The molecular formula is C50H42O8. The van der Waals surface area contributed by atoms with E-state index in [-0.39, 0.29) is 32.8 Å². The van der Waals surface area contributed by atoms with E-state index in [2.05, 4.69) is 79.4 Å². The molecule has 58 heavy (non-hydrogen) atoms. The van der Waals surface area contributed by atoms with Crippen LogP contribution in [0.4, 0.5) is 0 Å². The van der Waals surface area contributed by atoms with E-state index in [9.17, 15) is 19.8 Å². The summed E-state index contributed by atoms with van der Waals surface area (Å²) in [5.41, 5.74) is 6.29. The molecule has 6 aromatic carbocycles. The quantitative estimate of drug-likeness (QED) is 0.0734. The third-order valence-electron chi connectivity index (χ3n) is 12.0. The Morgan fingerprint density at radius 1 is 0.621 bits per heavy atom. The lowest BCUT2D eigenvalue weighted by molar-refractivity contribution is -0.167. The zero-order valence-corrected chi connectivity index (χ0v) is 32.0. The van der Waals surface area contributed by atoms with Crippen LogP contribution in [0.1, 0.15) is 56.5 Å². The molecular weight excluding hydrogens is 729 g/mol. The molecule has 3 atom stereocenters. The van der Waals surface area contributed by atoms with E-state index in [1.807, 2.05) is 67.6 Å². The molecule has 6 aromatic rings. The summed E-state index contributed by atoms with van der Waals surface area (Å²) >= 11 is 0. The molecule has 2 bridgehead atoms. The monoisotopic (exact) mass is 770 g/mol. The molecule has 8 nitrogen and oxygen atoms in total. The Bertz CT molecular complexity index is 2510. The lowest BCUT2D eigenvalue weighted by Gasteiger charge is -2.53. The van der Waals surface area contributed by atoms with Gasteiger partial charge >= 0.3 is 11.9 Å². The number of rotatable bonds is 12. The molecule has 4 aliphatic rings. The molecule has 0 heterocycles. The number of hydrogen-bond donors (Lipinski definition) is 2. The summed E-state index contributed by atoms with van der Waals surface area (Å²) in [7, 11) is 0. The van der Waals surface area contributed by atoms with E-state index in [0.717, 1.165) is 45.0 Å². The summed E-state index contributed by atoms with van der Waals surface area (Å²) in [6.07, 6.45) is 1.14. The Morgan fingerprint density at radius 3 is 1.69 bits per heavy atom. The Morgan fingerprint density at radius 2 is 1.12 bits per heavy atom. The van der Waals surface area contributed by atoms with Crippen LogP contribution in [0.2, 0.25) is 0 Å². The minimum atomic E-state index is -1.64. The number of carbonyl (C=O) groups is 2. The van der Waals surface area contributed by atoms with Gasteiger partial charge in [0.25, 0.3) is 0 Å². The zero-order valence-electron chi connectivity index (χ0n) is 32.0. The maximum atomic E-state index is 13.7. The predicted octanol–water partition coefficient (Wildman–Crippen LogP) is 7.89. The number of aryl methyl sites for hydroxylation is 1. The maximum absolute atomic E-state index is 13.7. The SMILES string of the molecule is C=CC(=O)OCCOc1ccc(C2(c3ccc(OCCOC(=O)C4CC5(O)c6ccccc6C4(O)c4ccc(C)cc45)cc3)c3ccccc3-c3ccccc32)cc1. The fraction of sp³-hybridized carbons (Fsp3) is 0.200. The summed E-state index contributed by atoms with van der Waals surface area (Å²) < 4.78 is 22.8. The molecule has 8 heteroatoms. The molecule has 3 unspecified atom stereocenters. The first-order valence-electron chi connectivity index (χ1n) is 19.5. The van der Waals surface area contributed by atoms with Gasteiger partial charge in [-0.2, -0.15) is 0 Å². The average molecular weight is 771 g/mol. The zero-order chi connectivity index (χ0) is 40.1. The van der Waals surface area contributed by atoms with Crippen molar-refractivity contribution >= 4 is 11.9 Å². The van der Waals surface area contributed by atoms with Crippen molar-refractivity contribution in [2.24, 2.45) is 5.92 Å². The highest BCUT2D eigenvalue weighted by molar-refractivity contribution is 5.86. The number of ether oxygens (including phenoxy) is 4. The molecule has 0 amide bonds. The van der Waals surface area contributed by atoms with Crippen LogP contribution >= 0.6 is 0 Å². The summed E-state index contributed by atoms with van der Waals surface area (Å²) in [5, 5.41) is 24.5. The third kappa shape index (κ3) is 5.74. The molecule has 10 rings (SSSR count). The molecule has 0 saturated carbocycles. The minimum Gasteiger partial charge on any atom is -0.490 e. The second-order valence-electron chi connectivity index (χ2n) is 15.1. The first-order chi connectivity index (χ1) is 28.2. The normalized spacial score (nSPS) is 20.2. The summed E-state index contributed by atoms with van der Waals surface area (Å²) in [4.78, 5) is 25.2. The van der Waals surface area contributed by atoms with Gasteiger partial charge in [0.15, 0.2) is 0 Å². The number of aliphatic hydroxyl groups is 2. The number of benzene rings is 6. The second-order valence-corrected chi connectivity index (χ2v) is 15.1. The van der Waals surface area contributed by atoms with Crippen molar-refractivity contribution in [3.63, 3.8) is 0 Å². The average Bonchev–Trinajstić information content (AvgIpc) is 3.56. The van der Waals surface area contributed by atoms with Crippen molar-refractivity contribution < 1.29 is 38.7 Å². The van der Waals surface area contributed by atoms with Crippen molar-refractivity contribution in [3.05, 3.63) is 202 Å². The molecule has 2 N–H and O–H groups in total. The van der Waals surface area contributed by atoms with Gasteiger partial charge in [0.05, 0.1) is 11.3 Å². The summed E-state index contributed by atoms with van der Waals surface area (Å²) in [6, 6.07) is 45.8. The van der Waals surface area contributed by atoms with Gasteiger partial charge in [0, 0.05) is 12.5 Å². The van der Waals surface area contributed by atoms with Crippen LogP contribution in [-0.2, 0) is 35.7 Å². The number of esters is 2. The van der Waals surface area contributed by atoms with Crippen LogP contribution in [0.5, 0.6) is 11.5 Å². The third-order valence-corrected chi connectivity index (χ3v) is 12.0. The molecule has 0 saturated heterocycles. The van der Waals surface area contributed by atoms with Gasteiger partial charge in [-0.05, 0) is 86.8 Å². The van der Waals surface area contributed by atoms with Gasteiger partial charge in [0.2, 0.25) is 0 Å². The van der Waals surface area contributed by atoms with E-state index in [0.29, 0.717) is 33.8 Å². The van der Waals surface area contributed by atoms with Crippen molar-refractivity contribution in [1.82, 2.24) is 0 Å². The van der Waals surface area contributed by atoms with Crippen LogP contribution < -0.4 is 9.47 Å². The largest absolute Gasteiger partial charge is 0.490 e. The van der Waals surface area contributed by atoms with E-state index in [1.54, 1.807) is 6.07 Å². The van der Waals surface area contributed by atoms with Crippen LogP contribution in [-0.4, -0.2) is 48.6 Å². The highest BCUT2D eigenvalue weighted by atomic mass is 16.6. The highest BCUT2D eigenvalue weighted by Crippen LogP contribution is 2.60. The highest BCUT2D eigenvalue weighted by Gasteiger charge is 2.62. The second kappa shape index (κ2) is 14.5. The first kappa shape index (κ1) is 37.1. The van der Waals surface area contributed by atoms with Crippen LogP contribution in [0.3, 0.4) is 0 Å². The van der Waals surface area contributed by atoms with E-state index in [4.69, 9.17) is 18.9 Å². The lowest BCUT2D eigenvalue weighted by Crippen LogP contribution is -2.57. The smallest absolute Gasteiger partial charge is 0.330 e. The molecule has 290 valence electrons. The molecule has 0 aromatic heterocycles. The first-order valence-corrected chi connectivity index (χ1v) is 19.5. The van der Waals surface area contributed by atoms with Gasteiger partial charge < -0.3 is 29.2 Å². The number of hydrogen-bond acceptors (Lipinski definition) is 8. The fourth-order valence-electron chi connectivity index (χ4n) is 9.48. The fourth-order valence-corrected chi connectivity index (χ4v) is 9.48. The molecule has 4 aliphatic carbocycles. The van der Waals surface area contributed by atoms with Crippen molar-refractivity contribution in [2.45, 2.75) is 30.0 Å². The van der Waals surface area contributed by atoms with Crippen molar-refractivity contribution in [1.29, 1.82) is 0 Å². The van der Waals surface area contributed by atoms with Crippen LogP contribution in [0.15, 0.2) is 152 Å². The minimum absolute atomic E-state index is 0.00903. The maximum Gasteiger partial charge on any atom is 0.330 e. The van der Waals surface area contributed by atoms with Gasteiger partial charge in [-0.15, -0.1) is 0 Å². The van der Waals surface area contributed by atoms with Gasteiger partial charge in [0.1, 0.15) is 49.1 Å². The van der Waals surface area contributed by atoms with E-state index < -0.39 is 34.5 Å². The molecule has 0 spiro atoms. The van der Waals surface area contributed by atoms with Gasteiger partial charge in [-0.1, -0.05) is 127 Å². The van der Waals surface area contributed by atoms with E-state index in [1.165, 1.54) is 0 Å². The van der Waals surface area contributed by atoms with E-state index >= 15 is 0 Å². The summed E-state index contributed by atoms with van der Waals surface area (Å²) in [5.74, 6) is -0.816. The van der Waals surface area contributed by atoms with Gasteiger partial charge in [-0.3, -0.25) is 4.79 Å². The van der Waals surface area contributed by atoms with Crippen molar-refractivity contribution in [3.8, 4) is 22.6 Å². The molecule has 0 aliphatic heterocycles. The van der Waals surface area contributed by atoms with Crippen LogP contribution in [0.25, 0.3) is 11.1 Å². The topological polar surface area (TPSA) is 112 Å². The van der Waals surface area contributed by atoms with Crippen molar-refractivity contribution in [2.75, 3.05) is 26.4 Å².